The van der Waals surface area contributed by atoms with Crippen LogP contribution in [0.4, 0.5) is 17.6 Å². The Balaban J connectivity index is 4.51. The van der Waals surface area contributed by atoms with Gasteiger partial charge in [-0.15, -0.1) is 0 Å². The quantitative estimate of drug-likeness (QED) is 0.642. The number of hydrogen-bond acceptors (Lipinski definition) is 2. The average Bonchev–Trinajstić information content (AvgIpc) is 1.84. The first-order valence-electron chi connectivity index (χ1n) is 2.82. The van der Waals surface area contributed by atoms with Crippen molar-refractivity contribution in [1.82, 2.24) is 0 Å². The molecular formula is C5H6F4O3. The van der Waals surface area contributed by atoms with Crippen LogP contribution in [0.25, 0.3) is 0 Å². The zero-order chi connectivity index (χ0) is 9.94. The summed E-state index contributed by atoms with van der Waals surface area (Å²) < 4.78 is 46.4. The van der Waals surface area contributed by atoms with Crippen LogP contribution in [0, 0.1) is 0 Å². The molecule has 1 atom stereocenters. The Labute approximate surface area is 64.6 Å². The number of alkyl halides is 4. The molecule has 0 aliphatic heterocycles. The standard InChI is InChI=1S/C5H6F4O3/c6-2(7)1-5(12,3(8)9)4(10)11/h2-3,12H,1H2,(H,10,11)/t5-/m1/s1. The van der Waals surface area contributed by atoms with Gasteiger partial charge in [-0.25, -0.2) is 22.4 Å². The molecule has 3 nitrogen and oxygen atoms in total. The molecular weight excluding hydrogens is 184 g/mol. The summed E-state index contributed by atoms with van der Waals surface area (Å²) >= 11 is 0. The molecule has 7 heteroatoms. The number of carbonyl (C=O) groups is 1. The van der Waals surface area contributed by atoms with Crippen LogP contribution in [0.2, 0.25) is 0 Å². The lowest BCUT2D eigenvalue weighted by Gasteiger charge is -2.21. The molecule has 12 heavy (non-hydrogen) atoms. The van der Waals surface area contributed by atoms with Crippen LogP contribution in [-0.4, -0.2) is 34.6 Å². The lowest BCUT2D eigenvalue weighted by molar-refractivity contribution is -0.183. The van der Waals surface area contributed by atoms with Crippen molar-refractivity contribution in [2.75, 3.05) is 0 Å². The monoisotopic (exact) mass is 190 g/mol. The van der Waals surface area contributed by atoms with Gasteiger partial charge >= 0.3 is 5.97 Å². The normalized spacial score (nSPS) is 16.6. The molecule has 0 unspecified atom stereocenters. The minimum atomic E-state index is -3.73. The predicted octanol–water partition coefficient (Wildman–Crippen LogP) is 0.722. The fourth-order valence-electron chi connectivity index (χ4n) is 0.505. The first kappa shape index (κ1) is 11.2. The van der Waals surface area contributed by atoms with Gasteiger partial charge in [-0.2, -0.15) is 0 Å². The van der Waals surface area contributed by atoms with Crippen molar-refractivity contribution in [3.8, 4) is 0 Å². The highest BCUT2D eigenvalue weighted by atomic mass is 19.3. The van der Waals surface area contributed by atoms with Crippen molar-refractivity contribution in [2.24, 2.45) is 0 Å². The zero-order valence-corrected chi connectivity index (χ0v) is 5.68. The van der Waals surface area contributed by atoms with Gasteiger partial charge in [0.25, 0.3) is 6.43 Å². The Bertz CT molecular complexity index is 172. The molecule has 0 spiro atoms. The van der Waals surface area contributed by atoms with E-state index in [1.54, 1.807) is 0 Å². The predicted molar refractivity (Wildman–Crippen MR) is 29.2 cm³/mol. The molecule has 0 saturated heterocycles. The molecule has 0 aromatic carbocycles. The van der Waals surface area contributed by atoms with Crippen LogP contribution in [0.3, 0.4) is 0 Å². The Morgan fingerprint density at radius 1 is 1.33 bits per heavy atom. The molecule has 2 N–H and O–H groups in total. The van der Waals surface area contributed by atoms with Gasteiger partial charge in [0, 0.05) is 0 Å². The SMILES string of the molecule is O=C(O)[C@@](O)(CC(F)F)C(F)F. The summed E-state index contributed by atoms with van der Waals surface area (Å²) in [6.45, 7) is 0. The summed E-state index contributed by atoms with van der Waals surface area (Å²) in [4.78, 5) is 9.93. The Morgan fingerprint density at radius 2 is 1.75 bits per heavy atom. The number of carboxylic acids is 1. The number of hydrogen-bond donors (Lipinski definition) is 2. The molecule has 0 rings (SSSR count). The minimum Gasteiger partial charge on any atom is -0.479 e. The average molecular weight is 190 g/mol. The third kappa shape index (κ3) is 2.33. The van der Waals surface area contributed by atoms with Crippen molar-refractivity contribution < 1.29 is 32.6 Å². The molecule has 0 fully saturated rings. The fourth-order valence-corrected chi connectivity index (χ4v) is 0.505. The van der Waals surface area contributed by atoms with E-state index in [2.05, 4.69) is 0 Å². The second-order valence-corrected chi connectivity index (χ2v) is 2.13. The Kier molecular flexibility index (Phi) is 3.44. The van der Waals surface area contributed by atoms with Crippen molar-refractivity contribution in [1.29, 1.82) is 0 Å². The number of carboxylic acid groups (broad SMARTS) is 1. The molecule has 0 radical (unpaired) electrons. The van der Waals surface area contributed by atoms with Gasteiger partial charge in [0.2, 0.25) is 12.0 Å². The van der Waals surface area contributed by atoms with Gasteiger partial charge in [-0.3, -0.25) is 0 Å². The molecule has 0 heterocycles. The second-order valence-electron chi connectivity index (χ2n) is 2.13. The van der Waals surface area contributed by atoms with Crippen LogP contribution < -0.4 is 0 Å². The van der Waals surface area contributed by atoms with E-state index in [1.165, 1.54) is 0 Å². The molecule has 0 saturated carbocycles. The van der Waals surface area contributed by atoms with E-state index in [0.717, 1.165) is 0 Å². The molecule has 0 aliphatic rings. The third-order valence-electron chi connectivity index (χ3n) is 1.20. The van der Waals surface area contributed by atoms with E-state index < -0.39 is 30.8 Å². The van der Waals surface area contributed by atoms with Crippen LogP contribution in [0.1, 0.15) is 6.42 Å². The highest BCUT2D eigenvalue weighted by molar-refractivity contribution is 5.77. The van der Waals surface area contributed by atoms with Crippen LogP contribution in [0.15, 0.2) is 0 Å². The second kappa shape index (κ2) is 3.70. The highest BCUT2D eigenvalue weighted by Crippen LogP contribution is 2.23. The maximum atomic E-state index is 11.7. The molecule has 72 valence electrons. The number of aliphatic carboxylic acids is 1. The number of rotatable bonds is 4. The summed E-state index contributed by atoms with van der Waals surface area (Å²) in [5.41, 5.74) is -3.64. The van der Waals surface area contributed by atoms with Gasteiger partial charge < -0.3 is 10.2 Å². The Hall–Kier alpha value is -0.850. The number of aliphatic hydroxyl groups is 1. The third-order valence-corrected chi connectivity index (χ3v) is 1.20. The molecule has 0 bridgehead atoms. The van der Waals surface area contributed by atoms with Gasteiger partial charge in [0.05, 0.1) is 6.42 Å². The van der Waals surface area contributed by atoms with Gasteiger partial charge in [-0.05, 0) is 0 Å². The molecule has 0 aliphatic carbocycles. The van der Waals surface area contributed by atoms with E-state index in [1.807, 2.05) is 0 Å². The number of halogens is 4. The molecule has 0 amide bonds. The van der Waals surface area contributed by atoms with Gasteiger partial charge in [0.15, 0.2) is 0 Å². The summed E-state index contributed by atoms with van der Waals surface area (Å²) in [5, 5.41) is 16.5. The molecule has 0 aromatic heterocycles. The minimum absolute atomic E-state index is 1.78. The van der Waals surface area contributed by atoms with E-state index in [-0.39, 0.29) is 0 Å². The van der Waals surface area contributed by atoms with Crippen molar-refractivity contribution in [3.05, 3.63) is 0 Å². The smallest absolute Gasteiger partial charge is 0.342 e. The topological polar surface area (TPSA) is 57.5 Å². The maximum Gasteiger partial charge on any atom is 0.342 e. The van der Waals surface area contributed by atoms with E-state index >= 15 is 0 Å². The maximum absolute atomic E-state index is 11.7. The van der Waals surface area contributed by atoms with E-state index in [9.17, 15) is 22.4 Å². The summed E-state index contributed by atoms with van der Waals surface area (Å²) in [5.74, 6) is -2.35. The van der Waals surface area contributed by atoms with Crippen LogP contribution in [0.5, 0.6) is 0 Å². The van der Waals surface area contributed by atoms with Gasteiger partial charge in [0.1, 0.15) is 0 Å². The first-order valence-corrected chi connectivity index (χ1v) is 2.82. The van der Waals surface area contributed by atoms with Crippen LogP contribution in [-0.2, 0) is 4.79 Å². The highest BCUT2D eigenvalue weighted by Gasteiger charge is 2.47. The zero-order valence-electron chi connectivity index (χ0n) is 5.68. The fraction of sp³-hybridized carbons (Fsp3) is 0.800. The van der Waals surface area contributed by atoms with Crippen molar-refractivity contribution in [2.45, 2.75) is 24.9 Å². The van der Waals surface area contributed by atoms with Gasteiger partial charge in [-0.1, -0.05) is 0 Å². The largest absolute Gasteiger partial charge is 0.479 e. The lowest BCUT2D eigenvalue weighted by atomic mass is 10.0. The lowest BCUT2D eigenvalue weighted by Crippen LogP contribution is -2.47. The summed E-state index contributed by atoms with van der Waals surface area (Å²) in [6.07, 6.45) is -8.80. The van der Waals surface area contributed by atoms with Crippen molar-refractivity contribution in [3.63, 3.8) is 0 Å². The first-order chi connectivity index (χ1) is 5.30. The van der Waals surface area contributed by atoms with Crippen LogP contribution >= 0.6 is 0 Å². The Morgan fingerprint density at radius 3 is 1.83 bits per heavy atom. The summed E-state index contributed by atoms with van der Waals surface area (Å²) in [6, 6.07) is 0. The van der Waals surface area contributed by atoms with Crippen molar-refractivity contribution >= 4 is 5.97 Å². The van der Waals surface area contributed by atoms with E-state index in [4.69, 9.17) is 10.2 Å². The van der Waals surface area contributed by atoms with E-state index in [0.29, 0.717) is 0 Å². The molecule has 0 aromatic rings. The summed E-state index contributed by atoms with van der Waals surface area (Å²) in [7, 11) is 0.